The molecule has 2 aromatic rings. The second-order valence-corrected chi connectivity index (χ2v) is 7.73. The molecule has 0 saturated carbocycles. The number of sulfonamides is 1. The summed E-state index contributed by atoms with van der Waals surface area (Å²) in [6.07, 6.45) is 2.16. The molecule has 0 bridgehead atoms. The van der Waals surface area contributed by atoms with Gasteiger partial charge in [0.2, 0.25) is 5.09 Å². The van der Waals surface area contributed by atoms with Gasteiger partial charge in [-0.2, -0.15) is 0 Å². The van der Waals surface area contributed by atoms with E-state index in [4.69, 9.17) is 4.42 Å². The van der Waals surface area contributed by atoms with E-state index in [-0.39, 0.29) is 16.6 Å². The van der Waals surface area contributed by atoms with Crippen LogP contribution in [0.2, 0.25) is 0 Å². The fourth-order valence-electron chi connectivity index (χ4n) is 2.85. The Kier molecular flexibility index (Phi) is 5.22. The molecule has 0 aliphatic carbocycles. The van der Waals surface area contributed by atoms with Gasteiger partial charge in [-0.3, -0.25) is 9.69 Å². The maximum absolute atomic E-state index is 12.1. The average Bonchev–Trinajstić information content (AvgIpc) is 3.12. The predicted molar refractivity (Wildman–Crippen MR) is 92.7 cm³/mol. The lowest BCUT2D eigenvalue weighted by Gasteiger charge is -2.28. The Hall–Kier alpha value is -2.16. The zero-order valence-corrected chi connectivity index (χ0v) is 14.8. The van der Waals surface area contributed by atoms with Crippen LogP contribution in [0.15, 0.2) is 46.1 Å². The summed E-state index contributed by atoms with van der Waals surface area (Å²) in [4.78, 5) is 14.4. The van der Waals surface area contributed by atoms with Gasteiger partial charge in [-0.15, -0.1) is 0 Å². The molecule has 0 spiro atoms. The van der Waals surface area contributed by atoms with E-state index in [1.165, 1.54) is 24.2 Å². The highest BCUT2D eigenvalue weighted by Crippen LogP contribution is 2.18. The van der Waals surface area contributed by atoms with Crippen molar-refractivity contribution in [1.82, 2.24) is 14.9 Å². The lowest BCUT2D eigenvalue weighted by Crippen LogP contribution is -2.37. The summed E-state index contributed by atoms with van der Waals surface area (Å²) >= 11 is 0. The normalized spacial score (nSPS) is 14.9. The third-order valence-corrected chi connectivity index (χ3v) is 5.58. The van der Waals surface area contributed by atoms with Crippen molar-refractivity contribution < 1.29 is 17.6 Å². The SMILES string of the molecule is CNS(=O)(=O)c1cc(C(=O)NCCN2CCc3ccccc3C2)co1. The third-order valence-electron chi connectivity index (χ3n) is 4.29. The molecule has 2 N–H and O–H groups in total. The molecule has 134 valence electrons. The first-order chi connectivity index (χ1) is 12.0. The zero-order valence-electron chi connectivity index (χ0n) is 14.0. The van der Waals surface area contributed by atoms with Crippen molar-refractivity contribution in [2.45, 2.75) is 18.1 Å². The molecule has 1 amide bonds. The van der Waals surface area contributed by atoms with Crippen LogP contribution in [0, 0.1) is 0 Å². The van der Waals surface area contributed by atoms with Crippen LogP contribution < -0.4 is 10.0 Å². The number of furan rings is 1. The van der Waals surface area contributed by atoms with Crippen molar-refractivity contribution in [3.63, 3.8) is 0 Å². The number of nitrogens with zero attached hydrogens (tertiary/aromatic N) is 1. The number of carbonyl (C=O) groups is 1. The Morgan fingerprint density at radius 1 is 1.28 bits per heavy atom. The molecule has 1 aromatic carbocycles. The lowest BCUT2D eigenvalue weighted by atomic mass is 10.00. The predicted octanol–water partition coefficient (Wildman–Crippen LogP) is 0.976. The molecule has 0 radical (unpaired) electrons. The number of amides is 1. The van der Waals surface area contributed by atoms with Crippen molar-refractivity contribution in [1.29, 1.82) is 0 Å². The van der Waals surface area contributed by atoms with Gasteiger partial charge in [-0.25, -0.2) is 13.1 Å². The van der Waals surface area contributed by atoms with E-state index in [2.05, 4.69) is 33.1 Å². The molecular weight excluding hydrogens is 342 g/mol. The van der Waals surface area contributed by atoms with E-state index in [0.29, 0.717) is 6.54 Å². The molecule has 0 unspecified atom stereocenters. The Balaban J connectivity index is 1.51. The summed E-state index contributed by atoms with van der Waals surface area (Å²) in [6.45, 7) is 3.06. The standard InChI is InChI=1S/C17H21N3O4S/c1-18-25(22,23)16-10-15(12-24-16)17(21)19-7-9-20-8-6-13-4-2-3-5-14(13)11-20/h2-5,10,12,18H,6-9,11H2,1H3,(H,19,21). The second kappa shape index (κ2) is 7.38. The maximum atomic E-state index is 12.1. The number of carbonyl (C=O) groups excluding carboxylic acids is 1. The zero-order chi connectivity index (χ0) is 17.9. The molecule has 1 aliphatic rings. The second-order valence-electron chi connectivity index (χ2n) is 5.91. The van der Waals surface area contributed by atoms with Gasteiger partial charge < -0.3 is 9.73 Å². The molecule has 0 saturated heterocycles. The first-order valence-corrected chi connectivity index (χ1v) is 9.57. The molecule has 3 rings (SSSR count). The van der Waals surface area contributed by atoms with Crippen LogP contribution in [0.5, 0.6) is 0 Å². The number of hydrogen-bond donors (Lipinski definition) is 2. The summed E-state index contributed by atoms with van der Waals surface area (Å²) in [5.41, 5.74) is 2.91. The minimum absolute atomic E-state index is 0.192. The molecule has 25 heavy (non-hydrogen) atoms. The smallest absolute Gasteiger partial charge is 0.273 e. The van der Waals surface area contributed by atoms with E-state index in [0.717, 1.165) is 32.3 Å². The number of nitrogens with one attached hydrogen (secondary N) is 2. The Bertz CT molecular complexity index is 860. The van der Waals surface area contributed by atoms with Crippen LogP contribution in [0.3, 0.4) is 0 Å². The quantitative estimate of drug-likeness (QED) is 0.798. The fourth-order valence-corrected chi connectivity index (χ4v) is 3.51. The number of hydrogen-bond acceptors (Lipinski definition) is 5. The van der Waals surface area contributed by atoms with E-state index >= 15 is 0 Å². The van der Waals surface area contributed by atoms with Crippen LogP contribution >= 0.6 is 0 Å². The molecule has 0 atom stereocenters. The first kappa shape index (κ1) is 17.7. The molecule has 1 aromatic heterocycles. The Morgan fingerprint density at radius 3 is 2.80 bits per heavy atom. The van der Waals surface area contributed by atoms with E-state index in [1.54, 1.807) is 0 Å². The van der Waals surface area contributed by atoms with Gasteiger partial charge in [-0.05, 0) is 24.6 Å². The summed E-state index contributed by atoms with van der Waals surface area (Å²) in [5, 5.41) is 2.53. The van der Waals surface area contributed by atoms with E-state index in [1.807, 2.05) is 6.07 Å². The molecule has 2 heterocycles. The van der Waals surface area contributed by atoms with Gasteiger partial charge >= 0.3 is 0 Å². The van der Waals surface area contributed by atoms with Crippen molar-refractivity contribution in [2.24, 2.45) is 0 Å². The fraction of sp³-hybridized carbons (Fsp3) is 0.353. The summed E-state index contributed by atoms with van der Waals surface area (Å²) in [6, 6.07) is 9.61. The Labute approximate surface area is 147 Å². The van der Waals surface area contributed by atoms with Crippen LogP contribution in [-0.4, -0.2) is 45.9 Å². The minimum atomic E-state index is -3.68. The van der Waals surface area contributed by atoms with Crippen LogP contribution in [0.25, 0.3) is 0 Å². The van der Waals surface area contributed by atoms with Crippen molar-refractivity contribution in [3.8, 4) is 0 Å². The molecule has 1 aliphatic heterocycles. The lowest BCUT2D eigenvalue weighted by molar-refractivity contribution is 0.0946. The molecular formula is C17H21N3O4S. The summed E-state index contributed by atoms with van der Waals surface area (Å²) in [5.74, 6) is -0.348. The minimum Gasteiger partial charge on any atom is -0.451 e. The largest absolute Gasteiger partial charge is 0.451 e. The summed E-state index contributed by atoms with van der Waals surface area (Å²) in [7, 11) is -2.40. The average molecular weight is 363 g/mol. The van der Waals surface area contributed by atoms with Crippen molar-refractivity contribution >= 4 is 15.9 Å². The number of rotatable bonds is 6. The van der Waals surface area contributed by atoms with E-state index in [9.17, 15) is 13.2 Å². The van der Waals surface area contributed by atoms with Crippen LogP contribution in [0.4, 0.5) is 0 Å². The molecule has 8 heteroatoms. The summed E-state index contributed by atoms with van der Waals surface area (Å²) < 4.78 is 30.3. The number of fused-ring (bicyclic) bond motifs is 1. The van der Waals surface area contributed by atoms with Crippen molar-refractivity contribution in [2.75, 3.05) is 26.7 Å². The van der Waals surface area contributed by atoms with Crippen LogP contribution in [0.1, 0.15) is 21.5 Å². The van der Waals surface area contributed by atoms with Crippen molar-refractivity contribution in [3.05, 3.63) is 53.3 Å². The highest BCUT2D eigenvalue weighted by Gasteiger charge is 2.20. The van der Waals surface area contributed by atoms with Gasteiger partial charge in [0, 0.05) is 32.2 Å². The van der Waals surface area contributed by atoms with Gasteiger partial charge in [-0.1, -0.05) is 24.3 Å². The molecule has 7 nitrogen and oxygen atoms in total. The topological polar surface area (TPSA) is 91.6 Å². The van der Waals surface area contributed by atoms with Gasteiger partial charge in [0.25, 0.3) is 15.9 Å². The Morgan fingerprint density at radius 2 is 2.04 bits per heavy atom. The van der Waals surface area contributed by atoms with Gasteiger partial charge in [0.15, 0.2) is 0 Å². The molecule has 0 fully saturated rings. The third kappa shape index (κ3) is 4.09. The van der Waals surface area contributed by atoms with Gasteiger partial charge in [0.1, 0.15) is 6.26 Å². The van der Waals surface area contributed by atoms with Crippen LogP contribution in [-0.2, 0) is 23.0 Å². The maximum Gasteiger partial charge on any atom is 0.273 e. The first-order valence-electron chi connectivity index (χ1n) is 8.09. The highest BCUT2D eigenvalue weighted by molar-refractivity contribution is 7.89. The highest BCUT2D eigenvalue weighted by atomic mass is 32.2. The monoisotopic (exact) mass is 363 g/mol. The number of benzene rings is 1. The van der Waals surface area contributed by atoms with Gasteiger partial charge in [0.05, 0.1) is 5.56 Å². The van der Waals surface area contributed by atoms with E-state index < -0.39 is 10.0 Å².